The van der Waals surface area contributed by atoms with E-state index in [1.165, 1.54) is 31.4 Å². The molecule has 2 fully saturated rings. The van der Waals surface area contributed by atoms with E-state index in [0.29, 0.717) is 17.7 Å². The van der Waals surface area contributed by atoms with Gasteiger partial charge >= 0.3 is 0 Å². The molecule has 0 saturated carbocycles. The normalized spacial score (nSPS) is 23.7. The monoisotopic (exact) mass is 333 g/mol. The van der Waals surface area contributed by atoms with E-state index in [0.717, 1.165) is 25.5 Å². The van der Waals surface area contributed by atoms with Gasteiger partial charge < -0.3 is 4.90 Å². The molecule has 2 atom stereocenters. The van der Waals surface area contributed by atoms with Crippen LogP contribution in [0.5, 0.6) is 0 Å². The Kier molecular flexibility index (Phi) is 4.62. The van der Waals surface area contributed by atoms with Crippen LogP contribution in [0.25, 0.3) is 0 Å². The molecular weight excluding hydrogens is 310 g/mol. The van der Waals surface area contributed by atoms with Crippen LogP contribution >= 0.6 is 0 Å². The zero-order chi connectivity index (χ0) is 17.1. The molecule has 2 aliphatic rings. The van der Waals surface area contributed by atoms with Gasteiger partial charge in [-0.25, -0.2) is 9.97 Å². The van der Waals surface area contributed by atoms with Crippen LogP contribution in [-0.2, 0) is 6.54 Å². The van der Waals surface area contributed by atoms with Crippen molar-refractivity contribution in [3.05, 3.63) is 54.0 Å². The quantitative estimate of drug-likeness (QED) is 0.864. The third-order valence-corrected chi connectivity index (χ3v) is 5.49. The number of nitrogens with zero attached hydrogens (tertiary/aromatic N) is 5. The number of hydrogen-bond acceptors (Lipinski definition) is 5. The van der Waals surface area contributed by atoms with Crippen LogP contribution in [0.2, 0.25) is 0 Å². The Labute approximate surface area is 148 Å². The third kappa shape index (κ3) is 3.49. The smallest absolute Gasteiger partial charge is 0.158 e. The standard InChI is InChI=1S/C20H23N5/c21-11-18-12-23-20(13-22-18)25-10-8-19-17(15-25)7-4-9-24(19)14-16-5-2-1-3-6-16/h1-3,5-6,12-13,17,19H,4,7-10,14-15H2/t17-,19-/m1/s1. The highest BCUT2D eigenvalue weighted by Gasteiger charge is 2.36. The summed E-state index contributed by atoms with van der Waals surface area (Å²) in [6.07, 6.45) is 7.03. The maximum Gasteiger partial charge on any atom is 0.158 e. The lowest BCUT2D eigenvalue weighted by atomic mass is 9.83. The molecule has 5 nitrogen and oxygen atoms in total. The maximum atomic E-state index is 8.87. The van der Waals surface area contributed by atoms with Gasteiger partial charge in [0, 0.05) is 25.7 Å². The van der Waals surface area contributed by atoms with Gasteiger partial charge in [0.2, 0.25) is 0 Å². The summed E-state index contributed by atoms with van der Waals surface area (Å²) in [5.74, 6) is 1.58. The molecule has 4 rings (SSSR count). The van der Waals surface area contributed by atoms with Gasteiger partial charge in [0.05, 0.1) is 12.4 Å². The van der Waals surface area contributed by atoms with Crippen molar-refractivity contribution in [3.63, 3.8) is 0 Å². The predicted octanol–water partition coefficient (Wildman–Crippen LogP) is 2.84. The molecule has 0 N–H and O–H groups in total. The summed E-state index contributed by atoms with van der Waals surface area (Å²) in [7, 11) is 0. The van der Waals surface area contributed by atoms with Crippen molar-refractivity contribution in [1.82, 2.24) is 14.9 Å². The molecule has 1 aromatic carbocycles. The summed E-state index contributed by atoms with van der Waals surface area (Å²) in [6, 6.07) is 13.5. The first-order valence-electron chi connectivity index (χ1n) is 9.08. The highest BCUT2D eigenvalue weighted by atomic mass is 15.2. The first-order valence-corrected chi connectivity index (χ1v) is 9.08. The fourth-order valence-corrected chi connectivity index (χ4v) is 4.27. The van der Waals surface area contributed by atoms with Gasteiger partial charge in [-0.1, -0.05) is 30.3 Å². The fourth-order valence-electron chi connectivity index (χ4n) is 4.27. The lowest BCUT2D eigenvalue weighted by molar-refractivity contribution is 0.0700. The van der Waals surface area contributed by atoms with Crippen molar-refractivity contribution in [1.29, 1.82) is 5.26 Å². The minimum Gasteiger partial charge on any atom is -0.355 e. The number of benzene rings is 1. The molecule has 2 aromatic rings. The van der Waals surface area contributed by atoms with Crippen LogP contribution in [-0.4, -0.2) is 40.5 Å². The summed E-state index contributed by atoms with van der Waals surface area (Å²) < 4.78 is 0. The van der Waals surface area contributed by atoms with Crippen molar-refractivity contribution in [3.8, 4) is 6.07 Å². The zero-order valence-electron chi connectivity index (χ0n) is 14.4. The topological polar surface area (TPSA) is 56.1 Å². The van der Waals surface area contributed by atoms with E-state index in [4.69, 9.17) is 5.26 Å². The molecule has 1 aromatic heterocycles. The summed E-state index contributed by atoms with van der Waals surface area (Å²) in [4.78, 5) is 13.6. The number of anilines is 1. The summed E-state index contributed by atoms with van der Waals surface area (Å²) in [5.41, 5.74) is 1.79. The van der Waals surface area contributed by atoms with Gasteiger partial charge in [0.15, 0.2) is 5.69 Å². The van der Waals surface area contributed by atoms with Crippen molar-refractivity contribution in [2.45, 2.75) is 31.8 Å². The molecule has 0 amide bonds. The van der Waals surface area contributed by atoms with Crippen molar-refractivity contribution in [2.24, 2.45) is 5.92 Å². The largest absolute Gasteiger partial charge is 0.355 e. The molecule has 3 heterocycles. The Morgan fingerprint density at radius 3 is 2.72 bits per heavy atom. The van der Waals surface area contributed by atoms with Gasteiger partial charge in [0.1, 0.15) is 11.9 Å². The van der Waals surface area contributed by atoms with Crippen molar-refractivity contribution in [2.75, 3.05) is 24.5 Å². The van der Waals surface area contributed by atoms with Crippen LogP contribution in [0, 0.1) is 17.2 Å². The van der Waals surface area contributed by atoms with Crippen LogP contribution in [0.15, 0.2) is 42.7 Å². The first kappa shape index (κ1) is 16.0. The molecule has 0 unspecified atom stereocenters. The second-order valence-electron chi connectivity index (χ2n) is 7.03. The number of piperidine rings is 2. The lowest BCUT2D eigenvalue weighted by Crippen LogP contribution is -2.53. The second kappa shape index (κ2) is 7.20. The molecular formula is C20H23N5. The number of hydrogen-bond donors (Lipinski definition) is 0. The lowest BCUT2D eigenvalue weighted by Gasteiger charge is -2.47. The Balaban J connectivity index is 1.44. The highest BCUT2D eigenvalue weighted by Crippen LogP contribution is 2.33. The maximum absolute atomic E-state index is 8.87. The van der Waals surface area contributed by atoms with Crippen molar-refractivity contribution < 1.29 is 0 Å². The third-order valence-electron chi connectivity index (χ3n) is 5.49. The van der Waals surface area contributed by atoms with E-state index in [-0.39, 0.29) is 0 Å². The number of rotatable bonds is 3. The van der Waals surface area contributed by atoms with E-state index in [2.05, 4.69) is 50.1 Å². The van der Waals surface area contributed by atoms with E-state index in [1.54, 1.807) is 12.4 Å². The number of fused-ring (bicyclic) bond motifs is 1. The Hall–Kier alpha value is -2.45. The molecule has 0 aliphatic carbocycles. The van der Waals surface area contributed by atoms with Gasteiger partial charge in [0.25, 0.3) is 0 Å². The van der Waals surface area contributed by atoms with Gasteiger partial charge in [-0.15, -0.1) is 0 Å². The Morgan fingerprint density at radius 1 is 1.08 bits per heavy atom. The van der Waals surface area contributed by atoms with Gasteiger partial charge in [-0.3, -0.25) is 4.90 Å². The van der Waals surface area contributed by atoms with Crippen LogP contribution < -0.4 is 4.90 Å². The Bertz CT molecular complexity index is 737. The SMILES string of the molecule is N#Cc1cnc(N2CC[C@@H]3[C@H](CCCN3Cc3ccccc3)C2)cn1. The summed E-state index contributed by atoms with van der Waals surface area (Å²) >= 11 is 0. The Morgan fingerprint density at radius 2 is 1.96 bits per heavy atom. The summed E-state index contributed by atoms with van der Waals surface area (Å²) in [6.45, 7) is 4.30. The number of nitriles is 1. The van der Waals surface area contributed by atoms with Crippen LogP contribution in [0.4, 0.5) is 5.82 Å². The summed E-state index contributed by atoms with van der Waals surface area (Å²) in [5, 5.41) is 8.87. The first-order chi connectivity index (χ1) is 12.3. The van der Waals surface area contributed by atoms with E-state index < -0.39 is 0 Å². The molecule has 25 heavy (non-hydrogen) atoms. The minimum absolute atomic E-state index is 0.380. The molecule has 5 heteroatoms. The average Bonchev–Trinajstić information content (AvgIpc) is 2.69. The predicted molar refractivity (Wildman–Crippen MR) is 96.9 cm³/mol. The molecule has 0 spiro atoms. The van der Waals surface area contributed by atoms with Crippen LogP contribution in [0.1, 0.15) is 30.5 Å². The molecule has 0 radical (unpaired) electrons. The van der Waals surface area contributed by atoms with E-state index in [9.17, 15) is 0 Å². The van der Waals surface area contributed by atoms with Gasteiger partial charge in [-0.2, -0.15) is 5.26 Å². The fraction of sp³-hybridized carbons (Fsp3) is 0.450. The number of likely N-dealkylation sites (tertiary alicyclic amines) is 1. The minimum atomic E-state index is 0.380. The van der Waals surface area contributed by atoms with E-state index in [1.807, 2.05) is 6.07 Å². The van der Waals surface area contributed by atoms with E-state index >= 15 is 0 Å². The van der Waals surface area contributed by atoms with Gasteiger partial charge in [-0.05, 0) is 37.3 Å². The second-order valence-corrected chi connectivity index (χ2v) is 7.03. The molecule has 128 valence electrons. The average molecular weight is 333 g/mol. The van der Waals surface area contributed by atoms with Crippen molar-refractivity contribution >= 4 is 5.82 Å². The highest BCUT2D eigenvalue weighted by molar-refractivity contribution is 5.38. The van der Waals surface area contributed by atoms with Crippen LogP contribution in [0.3, 0.4) is 0 Å². The number of aromatic nitrogens is 2. The molecule has 2 saturated heterocycles. The molecule has 0 bridgehead atoms. The zero-order valence-corrected chi connectivity index (χ0v) is 14.4. The molecule has 2 aliphatic heterocycles.